The van der Waals surface area contributed by atoms with Crippen LogP contribution < -0.4 is 10.1 Å². The zero-order valence-electron chi connectivity index (χ0n) is 15.2. The highest BCUT2D eigenvalue weighted by Gasteiger charge is 2.14. The Morgan fingerprint density at radius 3 is 2.60 bits per heavy atom. The number of hydrogen-bond acceptors (Lipinski definition) is 4. The SMILES string of the molecule is COc1ccc(C(C)NC(C)c2cnn(C)c2)cc1Cn1cccn1. The molecule has 2 heterocycles. The smallest absolute Gasteiger partial charge is 0.123 e. The largest absolute Gasteiger partial charge is 0.496 e. The van der Waals surface area contributed by atoms with Crippen molar-refractivity contribution < 1.29 is 4.74 Å². The molecule has 0 aliphatic carbocycles. The molecule has 0 saturated heterocycles. The van der Waals surface area contributed by atoms with Crippen LogP contribution in [0, 0.1) is 0 Å². The fourth-order valence-electron chi connectivity index (χ4n) is 2.99. The van der Waals surface area contributed by atoms with Crippen molar-refractivity contribution in [1.82, 2.24) is 24.9 Å². The van der Waals surface area contributed by atoms with E-state index in [1.165, 1.54) is 11.1 Å². The lowest BCUT2D eigenvalue weighted by atomic mass is 10.0. The molecule has 0 spiro atoms. The standard InChI is InChI=1S/C19H25N5O/c1-14(22-15(2)18-11-21-23(3)12-18)16-6-7-19(25-4)17(10-16)13-24-9-5-8-20-24/h5-12,14-15,22H,13H2,1-4H3. The monoisotopic (exact) mass is 339 g/mol. The van der Waals surface area contributed by atoms with Crippen molar-refractivity contribution in [3.8, 4) is 5.75 Å². The van der Waals surface area contributed by atoms with Gasteiger partial charge in [-0.3, -0.25) is 9.36 Å². The topological polar surface area (TPSA) is 56.9 Å². The average molecular weight is 339 g/mol. The first-order valence-corrected chi connectivity index (χ1v) is 8.45. The summed E-state index contributed by atoms with van der Waals surface area (Å²) in [7, 11) is 3.64. The van der Waals surface area contributed by atoms with Gasteiger partial charge in [-0.25, -0.2) is 0 Å². The number of rotatable bonds is 7. The highest BCUT2D eigenvalue weighted by atomic mass is 16.5. The van der Waals surface area contributed by atoms with Gasteiger partial charge in [-0.15, -0.1) is 0 Å². The molecule has 0 amide bonds. The molecule has 0 aliphatic rings. The number of hydrogen-bond donors (Lipinski definition) is 1. The third-order valence-corrected chi connectivity index (χ3v) is 4.42. The Morgan fingerprint density at radius 2 is 1.96 bits per heavy atom. The predicted molar refractivity (Wildman–Crippen MR) is 97.5 cm³/mol. The molecule has 3 aromatic rings. The normalized spacial score (nSPS) is 13.6. The van der Waals surface area contributed by atoms with Gasteiger partial charge in [0.05, 0.1) is 19.9 Å². The quantitative estimate of drug-likeness (QED) is 0.719. The maximum atomic E-state index is 5.51. The summed E-state index contributed by atoms with van der Waals surface area (Å²) in [5.41, 5.74) is 3.52. The fourth-order valence-corrected chi connectivity index (χ4v) is 2.99. The summed E-state index contributed by atoms with van der Waals surface area (Å²) in [6.45, 7) is 5.02. The second-order valence-electron chi connectivity index (χ2n) is 6.33. The molecule has 1 N–H and O–H groups in total. The molecular formula is C19H25N5O. The van der Waals surface area contributed by atoms with E-state index in [0.29, 0.717) is 6.54 Å². The molecule has 0 aliphatic heterocycles. The van der Waals surface area contributed by atoms with Crippen LogP contribution in [0.25, 0.3) is 0 Å². The summed E-state index contributed by atoms with van der Waals surface area (Å²) >= 11 is 0. The summed E-state index contributed by atoms with van der Waals surface area (Å²) in [5, 5.41) is 12.2. The first-order valence-electron chi connectivity index (χ1n) is 8.45. The second kappa shape index (κ2) is 7.53. The Balaban J connectivity index is 1.76. The molecule has 2 unspecified atom stereocenters. The van der Waals surface area contributed by atoms with Crippen molar-refractivity contribution in [2.45, 2.75) is 32.5 Å². The molecule has 0 fully saturated rings. The van der Waals surface area contributed by atoms with Crippen LogP contribution in [0.5, 0.6) is 5.75 Å². The Hall–Kier alpha value is -2.60. The zero-order valence-corrected chi connectivity index (χ0v) is 15.2. The zero-order chi connectivity index (χ0) is 17.8. The van der Waals surface area contributed by atoms with Gasteiger partial charge in [-0.05, 0) is 37.6 Å². The summed E-state index contributed by atoms with van der Waals surface area (Å²) in [5.74, 6) is 0.881. The molecule has 1 aromatic carbocycles. The van der Waals surface area contributed by atoms with Crippen LogP contribution in [0.4, 0.5) is 0 Å². The molecule has 25 heavy (non-hydrogen) atoms. The number of ether oxygens (including phenoxy) is 1. The molecule has 3 rings (SSSR count). The molecule has 2 atom stereocenters. The Kier molecular flexibility index (Phi) is 5.19. The summed E-state index contributed by atoms with van der Waals surface area (Å²) in [6.07, 6.45) is 7.69. The van der Waals surface area contributed by atoms with E-state index in [4.69, 9.17) is 4.74 Å². The van der Waals surface area contributed by atoms with Gasteiger partial charge in [0.25, 0.3) is 0 Å². The molecule has 6 heteroatoms. The van der Waals surface area contributed by atoms with Crippen LogP contribution in [0.15, 0.2) is 49.1 Å². The lowest BCUT2D eigenvalue weighted by Gasteiger charge is -2.21. The summed E-state index contributed by atoms with van der Waals surface area (Å²) in [6, 6.07) is 8.68. The minimum atomic E-state index is 0.206. The van der Waals surface area contributed by atoms with Crippen molar-refractivity contribution in [1.29, 1.82) is 0 Å². The van der Waals surface area contributed by atoms with Crippen LogP contribution in [0.3, 0.4) is 0 Å². The van der Waals surface area contributed by atoms with Gasteiger partial charge in [0.2, 0.25) is 0 Å². The fraction of sp³-hybridized carbons (Fsp3) is 0.368. The van der Waals surface area contributed by atoms with Crippen molar-refractivity contribution in [2.24, 2.45) is 7.05 Å². The number of nitrogens with one attached hydrogen (secondary N) is 1. The van der Waals surface area contributed by atoms with Crippen molar-refractivity contribution >= 4 is 0 Å². The number of nitrogens with zero attached hydrogens (tertiary/aromatic N) is 4. The predicted octanol–water partition coefficient (Wildman–Crippen LogP) is 3.09. The van der Waals surface area contributed by atoms with Gasteiger partial charge in [-0.2, -0.15) is 10.2 Å². The summed E-state index contributed by atoms with van der Waals surface area (Å²) < 4.78 is 9.24. The first kappa shape index (κ1) is 17.2. The minimum absolute atomic E-state index is 0.206. The molecule has 0 bridgehead atoms. The average Bonchev–Trinajstić information content (AvgIpc) is 3.26. The van der Waals surface area contributed by atoms with Crippen LogP contribution in [-0.4, -0.2) is 26.7 Å². The summed E-state index contributed by atoms with van der Waals surface area (Å²) in [4.78, 5) is 0. The molecule has 132 valence electrons. The maximum Gasteiger partial charge on any atom is 0.123 e. The van der Waals surface area contributed by atoms with Gasteiger partial charge in [0.15, 0.2) is 0 Å². The number of methoxy groups -OCH3 is 1. The van der Waals surface area contributed by atoms with Gasteiger partial charge in [-0.1, -0.05) is 6.07 Å². The Bertz CT molecular complexity index is 809. The van der Waals surface area contributed by atoms with E-state index in [0.717, 1.165) is 11.3 Å². The van der Waals surface area contributed by atoms with Gasteiger partial charge < -0.3 is 10.1 Å². The van der Waals surface area contributed by atoms with Crippen LogP contribution in [0.2, 0.25) is 0 Å². The highest BCUT2D eigenvalue weighted by molar-refractivity contribution is 5.38. The van der Waals surface area contributed by atoms with Gasteiger partial charge in [0, 0.05) is 48.8 Å². The van der Waals surface area contributed by atoms with E-state index in [-0.39, 0.29) is 12.1 Å². The van der Waals surface area contributed by atoms with Crippen molar-refractivity contribution in [3.05, 3.63) is 65.7 Å². The molecule has 2 aromatic heterocycles. The van der Waals surface area contributed by atoms with Crippen molar-refractivity contribution in [2.75, 3.05) is 7.11 Å². The molecular weight excluding hydrogens is 314 g/mol. The van der Waals surface area contributed by atoms with Crippen LogP contribution in [-0.2, 0) is 13.6 Å². The maximum absolute atomic E-state index is 5.51. The first-order chi connectivity index (χ1) is 12.1. The van der Waals surface area contributed by atoms with E-state index in [2.05, 4.69) is 41.5 Å². The third kappa shape index (κ3) is 4.09. The van der Waals surface area contributed by atoms with Crippen LogP contribution in [0.1, 0.15) is 42.6 Å². The number of aromatic nitrogens is 4. The van der Waals surface area contributed by atoms with E-state index in [9.17, 15) is 0 Å². The molecule has 0 radical (unpaired) electrons. The third-order valence-electron chi connectivity index (χ3n) is 4.42. The van der Waals surface area contributed by atoms with Gasteiger partial charge >= 0.3 is 0 Å². The van der Waals surface area contributed by atoms with E-state index >= 15 is 0 Å². The lowest BCUT2D eigenvalue weighted by molar-refractivity contribution is 0.406. The van der Waals surface area contributed by atoms with E-state index in [1.807, 2.05) is 47.1 Å². The van der Waals surface area contributed by atoms with Crippen molar-refractivity contribution in [3.63, 3.8) is 0 Å². The Morgan fingerprint density at radius 1 is 1.16 bits per heavy atom. The van der Waals surface area contributed by atoms with Gasteiger partial charge in [0.1, 0.15) is 5.75 Å². The van der Waals surface area contributed by atoms with E-state index < -0.39 is 0 Å². The highest BCUT2D eigenvalue weighted by Crippen LogP contribution is 2.26. The minimum Gasteiger partial charge on any atom is -0.496 e. The second-order valence-corrected chi connectivity index (χ2v) is 6.33. The number of benzene rings is 1. The molecule has 0 saturated carbocycles. The molecule has 6 nitrogen and oxygen atoms in total. The Labute approximate surface area is 148 Å². The lowest BCUT2D eigenvalue weighted by Crippen LogP contribution is -2.22. The van der Waals surface area contributed by atoms with Crippen LogP contribution >= 0.6 is 0 Å². The number of aryl methyl sites for hydroxylation is 1. The van der Waals surface area contributed by atoms with E-state index in [1.54, 1.807) is 13.3 Å².